The lowest BCUT2D eigenvalue weighted by Gasteiger charge is -2.13. The minimum atomic E-state index is -0.0279. The Morgan fingerprint density at radius 3 is 2.68 bits per heavy atom. The SMILES string of the molecule is COCCOc1ccc(C(=O)NCCC2=CCCCC2)cc1. The summed E-state index contributed by atoms with van der Waals surface area (Å²) in [5.74, 6) is 0.723. The van der Waals surface area contributed by atoms with Crippen LogP contribution in [0.5, 0.6) is 5.75 Å². The van der Waals surface area contributed by atoms with Crippen LogP contribution in [0, 0.1) is 0 Å². The minimum absolute atomic E-state index is 0.0279. The van der Waals surface area contributed by atoms with Gasteiger partial charge in [-0.3, -0.25) is 4.79 Å². The maximum absolute atomic E-state index is 12.1. The molecule has 120 valence electrons. The molecule has 0 saturated carbocycles. The lowest BCUT2D eigenvalue weighted by molar-refractivity contribution is 0.0954. The van der Waals surface area contributed by atoms with Crippen LogP contribution in [0.25, 0.3) is 0 Å². The Balaban J connectivity index is 1.73. The van der Waals surface area contributed by atoms with Crippen LogP contribution in [0.3, 0.4) is 0 Å². The number of allylic oxidation sites excluding steroid dienone is 1. The molecule has 0 unspecified atom stereocenters. The quantitative estimate of drug-likeness (QED) is 0.592. The van der Waals surface area contributed by atoms with E-state index < -0.39 is 0 Å². The molecule has 0 radical (unpaired) electrons. The summed E-state index contributed by atoms with van der Waals surface area (Å²) in [6.45, 7) is 1.77. The maximum atomic E-state index is 12.1. The van der Waals surface area contributed by atoms with Gasteiger partial charge in [0.15, 0.2) is 0 Å². The Morgan fingerprint density at radius 1 is 1.18 bits per heavy atom. The van der Waals surface area contributed by atoms with Gasteiger partial charge in [-0.15, -0.1) is 0 Å². The molecule has 0 spiro atoms. The van der Waals surface area contributed by atoms with E-state index in [9.17, 15) is 4.79 Å². The fourth-order valence-corrected chi connectivity index (χ4v) is 2.52. The number of amides is 1. The molecular weight excluding hydrogens is 278 g/mol. The average molecular weight is 303 g/mol. The number of ether oxygens (including phenoxy) is 2. The third-order valence-electron chi connectivity index (χ3n) is 3.79. The summed E-state index contributed by atoms with van der Waals surface area (Å²) in [6.07, 6.45) is 8.24. The van der Waals surface area contributed by atoms with E-state index in [1.165, 1.54) is 31.3 Å². The molecule has 1 amide bonds. The molecule has 1 aliphatic rings. The predicted molar refractivity (Wildman–Crippen MR) is 87.3 cm³/mol. The molecule has 0 aromatic heterocycles. The van der Waals surface area contributed by atoms with Crippen molar-refractivity contribution in [2.45, 2.75) is 32.1 Å². The van der Waals surface area contributed by atoms with Crippen LogP contribution in [0.4, 0.5) is 0 Å². The molecule has 0 heterocycles. The van der Waals surface area contributed by atoms with Crippen LogP contribution in [0.2, 0.25) is 0 Å². The van der Waals surface area contributed by atoms with Crippen molar-refractivity contribution in [3.63, 3.8) is 0 Å². The van der Waals surface area contributed by atoms with Crippen molar-refractivity contribution in [2.24, 2.45) is 0 Å². The van der Waals surface area contributed by atoms with Crippen molar-refractivity contribution in [3.8, 4) is 5.75 Å². The smallest absolute Gasteiger partial charge is 0.251 e. The highest BCUT2D eigenvalue weighted by Gasteiger charge is 2.07. The highest BCUT2D eigenvalue weighted by atomic mass is 16.5. The highest BCUT2D eigenvalue weighted by Crippen LogP contribution is 2.19. The van der Waals surface area contributed by atoms with E-state index in [-0.39, 0.29) is 5.91 Å². The van der Waals surface area contributed by atoms with Gasteiger partial charge in [0.1, 0.15) is 12.4 Å². The second kappa shape index (κ2) is 9.26. The van der Waals surface area contributed by atoms with Crippen LogP contribution in [-0.2, 0) is 4.74 Å². The second-order valence-corrected chi connectivity index (χ2v) is 5.48. The number of methoxy groups -OCH3 is 1. The van der Waals surface area contributed by atoms with Gasteiger partial charge < -0.3 is 14.8 Å². The monoisotopic (exact) mass is 303 g/mol. The molecule has 0 atom stereocenters. The lowest BCUT2D eigenvalue weighted by atomic mass is 9.97. The van der Waals surface area contributed by atoms with Crippen LogP contribution < -0.4 is 10.1 Å². The van der Waals surface area contributed by atoms with Crippen molar-refractivity contribution in [1.82, 2.24) is 5.32 Å². The zero-order chi connectivity index (χ0) is 15.6. The molecule has 4 nitrogen and oxygen atoms in total. The molecule has 1 N–H and O–H groups in total. The first kappa shape index (κ1) is 16.6. The number of carbonyl (C=O) groups excluding carboxylic acids is 1. The van der Waals surface area contributed by atoms with Crippen molar-refractivity contribution in [1.29, 1.82) is 0 Å². The van der Waals surface area contributed by atoms with Crippen LogP contribution in [0.1, 0.15) is 42.5 Å². The predicted octanol–water partition coefficient (Wildman–Crippen LogP) is 3.33. The zero-order valence-corrected chi connectivity index (χ0v) is 13.3. The first-order valence-corrected chi connectivity index (χ1v) is 7.97. The number of rotatable bonds is 8. The normalized spacial score (nSPS) is 14.3. The van der Waals surface area contributed by atoms with E-state index in [2.05, 4.69) is 11.4 Å². The number of hydrogen-bond acceptors (Lipinski definition) is 3. The maximum Gasteiger partial charge on any atom is 0.251 e. The van der Waals surface area contributed by atoms with E-state index in [4.69, 9.17) is 9.47 Å². The molecule has 4 heteroatoms. The van der Waals surface area contributed by atoms with E-state index in [1.807, 2.05) is 12.1 Å². The second-order valence-electron chi connectivity index (χ2n) is 5.48. The van der Waals surface area contributed by atoms with Gasteiger partial charge in [0.05, 0.1) is 6.61 Å². The summed E-state index contributed by atoms with van der Waals surface area (Å²) in [7, 11) is 1.64. The molecular formula is C18H25NO3. The summed E-state index contributed by atoms with van der Waals surface area (Å²) in [6, 6.07) is 7.21. The molecule has 0 fully saturated rings. The minimum Gasteiger partial charge on any atom is -0.491 e. The van der Waals surface area contributed by atoms with Gasteiger partial charge in [-0.25, -0.2) is 0 Å². The fraction of sp³-hybridized carbons (Fsp3) is 0.500. The van der Waals surface area contributed by atoms with Gasteiger partial charge in [0.2, 0.25) is 0 Å². The summed E-state index contributed by atoms with van der Waals surface area (Å²) >= 11 is 0. The first-order chi connectivity index (χ1) is 10.8. The van der Waals surface area contributed by atoms with E-state index in [0.29, 0.717) is 25.3 Å². The zero-order valence-electron chi connectivity index (χ0n) is 13.3. The lowest BCUT2D eigenvalue weighted by Crippen LogP contribution is -2.24. The highest BCUT2D eigenvalue weighted by molar-refractivity contribution is 5.94. The molecule has 1 aliphatic carbocycles. The van der Waals surface area contributed by atoms with Gasteiger partial charge in [-0.2, -0.15) is 0 Å². The van der Waals surface area contributed by atoms with Gasteiger partial charge in [0.25, 0.3) is 5.91 Å². The molecule has 0 bridgehead atoms. The average Bonchev–Trinajstić information content (AvgIpc) is 2.56. The van der Waals surface area contributed by atoms with E-state index in [0.717, 1.165) is 12.2 Å². The van der Waals surface area contributed by atoms with E-state index >= 15 is 0 Å². The summed E-state index contributed by atoms with van der Waals surface area (Å²) in [5.41, 5.74) is 2.14. The standard InChI is InChI=1S/C18H25NO3/c1-21-13-14-22-17-9-7-16(8-10-17)18(20)19-12-11-15-5-3-2-4-6-15/h5,7-10H,2-4,6,11-14H2,1H3,(H,19,20). The van der Waals surface area contributed by atoms with Crippen LogP contribution in [-0.4, -0.2) is 32.8 Å². The van der Waals surface area contributed by atoms with Crippen LogP contribution in [0.15, 0.2) is 35.9 Å². The molecule has 0 aliphatic heterocycles. The Kier molecular flexibility index (Phi) is 6.97. The van der Waals surface area contributed by atoms with Gasteiger partial charge >= 0.3 is 0 Å². The third kappa shape index (κ3) is 5.53. The molecule has 1 aromatic carbocycles. The summed E-state index contributed by atoms with van der Waals surface area (Å²) in [5, 5.41) is 2.98. The van der Waals surface area contributed by atoms with Crippen molar-refractivity contribution in [2.75, 3.05) is 26.9 Å². The molecule has 2 rings (SSSR count). The van der Waals surface area contributed by atoms with Crippen LogP contribution >= 0.6 is 0 Å². The molecule has 0 saturated heterocycles. The van der Waals surface area contributed by atoms with Crippen molar-refractivity contribution >= 4 is 5.91 Å². The number of benzene rings is 1. The topological polar surface area (TPSA) is 47.6 Å². The number of hydrogen-bond donors (Lipinski definition) is 1. The molecule has 1 aromatic rings. The molecule has 22 heavy (non-hydrogen) atoms. The third-order valence-corrected chi connectivity index (χ3v) is 3.79. The summed E-state index contributed by atoms with van der Waals surface area (Å²) < 4.78 is 10.4. The van der Waals surface area contributed by atoms with Crippen molar-refractivity contribution < 1.29 is 14.3 Å². The first-order valence-electron chi connectivity index (χ1n) is 7.97. The van der Waals surface area contributed by atoms with Gasteiger partial charge in [-0.1, -0.05) is 11.6 Å². The van der Waals surface area contributed by atoms with E-state index in [1.54, 1.807) is 19.2 Å². The van der Waals surface area contributed by atoms with Gasteiger partial charge in [0, 0.05) is 19.2 Å². The Labute approximate surface area is 132 Å². The van der Waals surface area contributed by atoms with Crippen molar-refractivity contribution in [3.05, 3.63) is 41.5 Å². The Bertz CT molecular complexity index is 494. The number of carbonyl (C=O) groups is 1. The summed E-state index contributed by atoms with van der Waals surface area (Å²) in [4.78, 5) is 12.1. The largest absolute Gasteiger partial charge is 0.491 e. The Morgan fingerprint density at radius 2 is 2.00 bits per heavy atom. The Hall–Kier alpha value is -1.81. The van der Waals surface area contributed by atoms with Gasteiger partial charge in [-0.05, 0) is 56.4 Å². The fourth-order valence-electron chi connectivity index (χ4n) is 2.52. The number of nitrogens with one attached hydrogen (secondary N) is 1.